The molecule has 0 amide bonds. The number of nitrogens with one attached hydrogen (secondary N) is 1. The predicted molar refractivity (Wildman–Crippen MR) is 88.4 cm³/mol. The van der Waals surface area contributed by atoms with E-state index in [4.69, 9.17) is 4.74 Å². The maximum absolute atomic E-state index is 5.93. The fourth-order valence-corrected chi connectivity index (χ4v) is 2.94. The van der Waals surface area contributed by atoms with Gasteiger partial charge >= 0.3 is 0 Å². The molecule has 0 aromatic heterocycles. The molecular formula is C18H30N2O. The highest BCUT2D eigenvalue weighted by molar-refractivity contribution is 5.23. The van der Waals surface area contributed by atoms with E-state index >= 15 is 0 Å². The molecule has 0 spiro atoms. The van der Waals surface area contributed by atoms with Crippen molar-refractivity contribution in [3.63, 3.8) is 0 Å². The van der Waals surface area contributed by atoms with Crippen molar-refractivity contribution in [2.45, 2.75) is 52.3 Å². The Labute approximate surface area is 129 Å². The zero-order chi connectivity index (χ0) is 14.9. The molecule has 0 saturated carbocycles. The number of likely N-dealkylation sites (tertiary alicyclic amines) is 1. The summed E-state index contributed by atoms with van der Waals surface area (Å²) < 4.78 is 5.93. The molecule has 118 valence electrons. The van der Waals surface area contributed by atoms with Crippen molar-refractivity contribution < 1.29 is 4.74 Å². The summed E-state index contributed by atoms with van der Waals surface area (Å²) in [5, 5.41) is 3.39. The van der Waals surface area contributed by atoms with Gasteiger partial charge < -0.3 is 10.1 Å². The van der Waals surface area contributed by atoms with Crippen LogP contribution in [0.15, 0.2) is 24.3 Å². The SMILES string of the molecule is CCCOC1CCCN(Cc2cccc(CNCC)c2)C1. The second-order valence-electron chi connectivity index (χ2n) is 5.97. The molecule has 1 aromatic carbocycles. The molecule has 2 rings (SSSR count). The molecule has 3 nitrogen and oxygen atoms in total. The van der Waals surface area contributed by atoms with E-state index in [1.54, 1.807) is 0 Å². The molecule has 0 bridgehead atoms. The zero-order valence-electron chi connectivity index (χ0n) is 13.6. The van der Waals surface area contributed by atoms with Crippen LogP contribution in [-0.2, 0) is 17.8 Å². The van der Waals surface area contributed by atoms with E-state index < -0.39 is 0 Å². The van der Waals surface area contributed by atoms with Gasteiger partial charge in [0.05, 0.1) is 6.10 Å². The van der Waals surface area contributed by atoms with Crippen LogP contribution in [0.1, 0.15) is 44.2 Å². The van der Waals surface area contributed by atoms with Crippen LogP contribution in [0.3, 0.4) is 0 Å². The first-order chi connectivity index (χ1) is 10.3. The second kappa shape index (κ2) is 9.19. The summed E-state index contributed by atoms with van der Waals surface area (Å²) in [5.41, 5.74) is 2.80. The lowest BCUT2D eigenvalue weighted by molar-refractivity contribution is -0.00223. The Morgan fingerprint density at radius 2 is 2.14 bits per heavy atom. The molecule has 21 heavy (non-hydrogen) atoms. The lowest BCUT2D eigenvalue weighted by Gasteiger charge is -2.32. The van der Waals surface area contributed by atoms with Crippen LogP contribution in [0, 0.1) is 0 Å². The quantitative estimate of drug-likeness (QED) is 0.796. The minimum Gasteiger partial charge on any atom is -0.377 e. The van der Waals surface area contributed by atoms with Crippen molar-refractivity contribution in [3.05, 3.63) is 35.4 Å². The summed E-state index contributed by atoms with van der Waals surface area (Å²) in [6.07, 6.45) is 4.02. The Morgan fingerprint density at radius 3 is 2.95 bits per heavy atom. The summed E-state index contributed by atoms with van der Waals surface area (Å²) >= 11 is 0. The Morgan fingerprint density at radius 1 is 1.29 bits per heavy atom. The summed E-state index contributed by atoms with van der Waals surface area (Å²) in [6, 6.07) is 8.96. The molecule has 1 aromatic rings. The van der Waals surface area contributed by atoms with Crippen molar-refractivity contribution in [2.24, 2.45) is 0 Å². The highest BCUT2D eigenvalue weighted by atomic mass is 16.5. The third kappa shape index (κ3) is 5.77. The summed E-state index contributed by atoms with van der Waals surface area (Å²) in [5.74, 6) is 0. The van der Waals surface area contributed by atoms with Crippen molar-refractivity contribution >= 4 is 0 Å². The van der Waals surface area contributed by atoms with Gasteiger partial charge in [-0.25, -0.2) is 0 Å². The molecule has 0 aliphatic carbocycles. The minimum absolute atomic E-state index is 0.434. The Bertz CT molecular complexity index is 408. The summed E-state index contributed by atoms with van der Waals surface area (Å²) in [7, 11) is 0. The molecule has 3 heteroatoms. The van der Waals surface area contributed by atoms with Crippen molar-refractivity contribution in [3.8, 4) is 0 Å². The Balaban J connectivity index is 1.85. The molecule has 1 aliphatic rings. The summed E-state index contributed by atoms with van der Waals surface area (Å²) in [6.45, 7) is 10.5. The third-order valence-corrected chi connectivity index (χ3v) is 4.00. The van der Waals surface area contributed by atoms with Crippen molar-refractivity contribution in [1.82, 2.24) is 10.2 Å². The van der Waals surface area contributed by atoms with Gasteiger partial charge in [0.1, 0.15) is 0 Å². The fraction of sp³-hybridized carbons (Fsp3) is 0.667. The number of piperidine rings is 1. The molecule has 1 unspecified atom stereocenters. The average molecular weight is 290 g/mol. The van der Waals surface area contributed by atoms with E-state index in [0.29, 0.717) is 6.10 Å². The molecule has 1 atom stereocenters. The molecule has 1 N–H and O–H groups in total. The fourth-order valence-electron chi connectivity index (χ4n) is 2.94. The number of ether oxygens (including phenoxy) is 1. The number of hydrogen-bond acceptors (Lipinski definition) is 3. The van der Waals surface area contributed by atoms with Gasteiger partial charge in [-0.2, -0.15) is 0 Å². The van der Waals surface area contributed by atoms with E-state index in [-0.39, 0.29) is 0 Å². The second-order valence-corrected chi connectivity index (χ2v) is 5.97. The highest BCUT2D eigenvalue weighted by Crippen LogP contribution is 2.17. The van der Waals surface area contributed by atoms with Crippen LogP contribution in [-0.4, -0.2) is 37.2 Å². The molecule has 1 aliphatic heterocycles. The highest BCUT2D eigenvalue weighted by Gasteiger charge is 2.20. The first kappa shape index (κ1) is 16.5. The van der Waals surface area contributed by atoms with E-state index in [2.05, 4.69) is 48.3 Å². The lowest BCUT2D eigenvalue weighted by Crippen LogP contribution is -2.39. The largest absolute Gasteiger partial charge is 0.377 e. The monoisotopic (exact) mass is 290 g/mol. The Kier molecular flexibility index (Phi) is 7.20. The molecule has 1 saturated heterocycles. The minimum atomic E-state index is 0.434. The normalized spacial score (nSPS) is 19.8. The standard InChI is InChI=1S/C18H30N2O/c1-3-11-21-18-9-6-10-20(15-18)14-17-8-5-7-16(12-17)13-19-4-2/h5,7-8,12,18-19H,3-4,6,9-11,13-15H2,1-2H3. The van der Waals surface area contributed by atoms with Crippen molar-refractivity contribution in [1.29, 1.82) is 0 Å². The molecule has 1 heterocycles. The smallest absolute Gasteiger partial charge is 0.0702 e. The van der Waals surface area contributed by atoms with Crippen LogP contribution < -0.4 is 5.32 Å². The zero-order valence-corrected chi connectivity index (χ0v) is 13.6. The maximum Gasteiger partial charge on any atom is 0.0702 e. The van der Waals surface area contributed by atoms with E-state index in [1.807, 2.05) is 0 Å². The van der Waals surface area contributed by atoms with Gasteiger partial charge in [-0.15, -0.1) is 0 Å². The number of hydrogen-bond donors (Lipinski definition) is 1. The van der Waals surface area contributed by atoms with Crippen molar-refractivity contribution in [2.75, 3.05) is 26.2 Å². The molecule has 0 radical (unpaired) electrons. The van der Waals surface area contributed by atoms with E-state index in [0.717, 1.165) is 39.2 Å². The van der Waals surface area contributed by atoms with Crippen LogP contribution in [0.5, 0.6) is 0 Å². The van der Waals surface area contributed by atoms with Crippen LogP contribution in [0.25, 0.3) is 0 Å². The maximum atomic E-state index is 5.93. The van der Waals surface area contributed by atoms with Crippen LogP contribution in [0.4, 0.5) is 0 Å². The van der Waals surface area contributed by atoms with Gasteiger partial charge in [0.25, 0.3) is 0 Å². The Hall–Kier alpha value is -0.900. The number of nitrogens with zero attached hydrogens (tertiary/aromatic N) is 1. The van der Waals surface area contributed by atoms with Gasteiger partial charge in [-0.3, -0.25) is 4.90 Å². The molecule has 1 fully saturated rings. The lowest BCUT2D eigenvalue weighted by atomic mass is 10.1. The third-order valence-electron chi connectivity index (χ3n) is 4.00. The van der Waals surface area contributed by atoms with E-state index in [9.17, 15) is 0 Å². The average Bonchev–Trinajstić information content (AvgIpc) is 2.52. The first-order valence-corrected chi connectivity index (χ1v) is 8.44. The van der Waals surface area contributed by atoms with Gasteiger partial charge in [0.2, 0.25) is 0 Å². The van der Waals surface area contributed by atoms with Gasteiger partial charge in [0, 0.05) is 26.2 Å². The summed E-state index contributed by atoms with van der Waals surface area (Å²) in [4.78, 5) is 2.54. The van der Waals surface area contributed by atoms with Gasteiger partial charge in [-0.1, -0.05) is 38.1 Å². The van der Waals surface area contributed by atoms with Crippen LogP contribution >= 0.6 is 0 Å². The molecular weight excluding hydrogens is 260 g/mol. The topological polar surface area (TPSA) is 24.5 Å². The number of benzene rings is 1. The van der Waals surface area contributed by atoms with Gasteiger partial charge in [0.15, 0.2) is 0 Å². The van der Waals surface area contributed by atoms with E-state index in [1.165, 1.54) is 30.5 Å². The van der Waals surface area contributed by atoms with Crippen LogP contribution in [0.2, 0.25) is 0 Å². The first-order valence-electron chi connectivity index (χ1n) is 8.44. The number of rotatable bonds is 8. The van der Waals surface area contributed by atoms with Gasteiger partial charge in [-0.05, 0) is 43.5 Å². The predicted octanol–water partition coefficient (Wildman–Crippen LogP) is 3.19.